The monoisotopic (exact) mass is 208 g/mol. The molecule has 0 heterocycles. The van der Waals surface area contributed by atoms with E-state index in [1.807, 2.05) is 0 Å². The zero-order valence-corrected chi connectivity index (χ0v) is 6.98. The summed E-state index contributed by atoms with van der Waals surface area (Å²) in [6, 6.07) is 0. The molecule has 0 atom stereocenters. The summed E-state index contributed by atoms with van der Waals surface area (Å²) >= 11 is 0. The maximum absolute atomic E-state index is 10.5. The van der Waals surface area contributed by atoms with Crippen LogP contribution >= 0.6 is 0 Å². The van der Waals surface area contributed by atoms with Crippen LogP contribution in [0.15, 0.2) is 0 Å². The second-order valence-corrected chi connectivity index (χ2v) is 3.29. The third-order valence-corrected chi connectivity index (χ3v) is 1.73. The van der Waals surface area contributed by atoms with Gasteiger partial charge in [-0.1, -0.05) is 49.5 Å². The zero-order chi connectivity index (χ0) is 8.20. The first-order valence-electron chi connectivity index (χ1n) is 3.74. The van der Waals surface area contributed by atoms with Gasteiger partial charge in [0.2, 0.25) is 0 Å². The Morgan fingerprint density at radius 3 is 1.71 bits per heavy atom. The van der Waals surface area contributed by atoms with E-state index >= 15 is 0 Å². The summed E-state index contributed by atoms with van der Waals surface area (Å²) in [7, 11) is 0. The van der Waals surface area contributed by atoms with E-state index in [1.54, 1.807) is 13.8 Å². The van der Waals surface area contributed by atoms with Crippen LogP contribution < -0.4 is 0 Å². The van der Waals surface area contributed by atoms with E-state index in [0.717, 1.165) is 19.3 Å². The third-order valence-electron chi connectivity index (χ3n) is 1.73. The smallest absolute Gasteiger partial charge is 0.309 e. The molecule has 1 N–H and O–H groups in total. The van der Waals surface area contributed by atoms with Crippen molar-refractivity contribution in [3.05, 3.63) is 0 Å². The highest BCUT2D eigenvalue weighted by atomic mass is 16.4. The Morgan fingerprint density at radius 1 is 1.14 bits per heavy atom. The van der Waals surface area contributed by atoms with E-state index in [1.165, 1.54) is 0 Å². The van der Waals surface area contributed by atoms with Crippen molar-refractivity contribution in [2.45, 2.75) is 69.7 Å². The lowest BCUT2D eigenvalue weighted by atomic mass is 9.88. The molecule has 0 aromatic carbocycles. The predicted molar refractivity (Wildman–Crippen MR) is 67.9 cm³/mol. The molecule has 0 spiro atoms. The molecular weight excluding hydrogens is 176 g/mol. The zero-order valence-electron chi connectivity index (χ0n) is 6.98. The largest absolute Gasteiger partial charge is 0.481 e. The molecule has 0 bridgehead atoms. The topological polar surface area (TPSA) is 37.3 Å². The van der Waals surface area contributed by atoms with E-state index in [4.69, 9.17) is 5.11 Å². The van der Waals surface area contributed by atoms with Gasteiger partial charge in [-0.15, -0.1) is 0 Å². The van der Waals surface area contributed by atoms with Gasteiger partial charge in [0.05, 0.1) is 5.41 Å². The van der Waals surface area contributed by atoms with Gasteiger partial charge in [0.15, 0.2) is 0 Å². The Balaban J connectivity index is -0.0000000675. The Hall–Kier alpha value is -0.530. The summed E-state index contributed by atoms with van der Waals surface area (Å²) in [5.74, 6) is -0.694. The molecule has 0 aromatic rings. The van der Waals surface area contributed by atoms with Crippen molar-refractivity contribution in [1.82, 2.24) is 0 Å². The molecule has 0 aromatic heterocycles. The lowest BCUT2D eigenvalue weighted by molar-refractivity contribution is -0.147. The van der Waals surface area contributed by atoms with Crippen LogP contribution in [0.25, 0.3) is 0 Å². The minimum atomic E-state index is -0.694. The van der Waals surface area contributed by atoms with Crippen LogP contribution in [0.5, 0.6) is 0 Å². The number of rotatable bonds is 4. The van der Waals surface area contributed by atoms with E-state index < -0.39 is 11.4 Å². The molecule has 0 radical (unpaired) electrons. The number of hydrogen-bond donors (Lipinski definition) is 1. The summed E-state index contributed by atoms with van der Waals surface area (Å²) in [5.41, 5.74) is -0.532. The van der Waals surface area contributed by atoms with Gasteiger partial charge in [0, 0.05) is 0 Å². The number of carboxylic acids is 1. The second-order valence-electron chi connectivity index (χ2n) is 3.29. The summed E-state index contributed by atoms with van der Waals surface area (Å²) in [4.78, 5) is 10.5. The van der Waals surface area contributed by atoms with E-state index in [2.05, 4.69) is 6.92 Å². The molecule has 0 amide bonds. The highest BCUT2D eigenvalue weighted by molar-refractivity contribution is 5.73. The number of unbranched alkanes of at least 4 members (excludes halogenated alkanes) is 1. The lowest BCUT2D eigenvalue weighted by Gasteiger charge is -2.17. The van der Waals surface area contributed by atoms with Crippen LogP contribution in [0.1, 0.15) is 69.7 Å². The highest BCUT2D eigenvalue weighted by Gasteiger charge is 2.25. The van der Waals surface area contributed by atoms with Gasteiger partial charge < -0.3 is 5.11 Å². The maximum atomic E-state index is 10.5. The Bertz CT molecular complexity index is 117. The van der Waals surface area contributed by atoms with E-state index in [0.29, 0.717) is 0 Å². The van der Waals surface area contributed by atoms with Crippen molar-refractivity contribution in [3.63, 3.8) is 0 Å². The van der Waals surface area contributed by atoms with Crippen molar-refractivity contribution in [2.24, 2.45) is 5.41 Å². The minimum Gasteiger partial charge on any atom is -0.481 e. The minimum absolute atomic E-state index is 0. The standard InChI is InChI=1S/C8H16O2.4CH4/c1-4-5-6-8(2,3)7(9)10;;;;/h4-6H2,1-3H3,(H,9,10);4*1H4. The normalized spacial score (nSPS) is 8.21. The van der Waals surface area contributed by atoms with Gasteiger partial charge in [0.1, 0.15) is 0 Å². The summed E-state index contributed by atoms with van der Waals surface area (Å²) < 4.78 is 0. The summed E-state index contributed by atoms with van der Waals surface area (Å²) in [5, 5.41) is 8.67. The molecule has 0 saturated heterocycles. The SMILES string of the molecule is C.C.C.C.CCCCC(C)(C)C(=O)O. The van der Waals surface area contributed by atoms with Crippen molar-refractivity contribution >= 4 is 5.97 Å². The maximum Gasteiger partial charge on any atom is 0.309 e. The number of aliphatic carboxylic acids is 1. The van der Waals surface area contributed by atoms with Crippen LogP contribution in [-0.4, -0.2) is 11.1 Å². The Morgan fingerprint density at radius 2 is 1.50 bits per heavy atom. The molecule has 92 valence electrons. The molecule has 2 heteroatoms. The van der Waals surface area contributed by atoms with Crippen LogP contribution in [-0.2, 0) is 4.79 Å². The van der Waals surface area contributed by atoms with Gasteiger partial charge in [-0.2, -0.15) is 0 Å². The van der Waals surface area contributed by atoms with Crippen molar-refractivity contribution in [1.29, 1.82) is 0 Å². The first kappa shape index (κ1) is 29.2. The second kappa shape index (κ2) is 12.5. The lowest BCUT2D eigenvalue weighted by Crippen LogP contribution is -2.23. The number of hydrogen-bond acceptors (Lipinski definition) is 1. The fourth-order valence-electron chi connectivity index (χ4n) is 0.726. The number of carbonyl (C=O) groups is 1. The fourth-order valence-corrected chi connectivity index (χ4v) is 0.726. The van der Waals surface area contributed by atoms with E-state index in [9.17, 15) is 4.79 Å². The molecule has 0 aliphatic heterocycles. The van der Waals surface area contributed by atoms with Crippen molar-refractivity contribution < 1.29 is 9.90 Å². The van der Waals surface area contributed by atoms with Gasteiger partial charge in [-0.25, -0.2) is 0 Å². The molecule has 0 aliphatic carbocycles. The third kappa shape index (κ3) is 11.5. The van der Waals surface area contributed by atoms with E-state index in [-0.39, 0.29) is 29.7 Å². The predicted octanol–water partition coefficient (Wildman–Crippen LogP) is 4.83. The molecule has 0 fully saturated rings. The Kier molecular flexibility index (Phi) is 26.0. The van der Waals surface area contributed by atoms with Crippen LogP contribution in [0.4, 0.5) is 0 Å². The molecule has 2 nitrogen and oxygen atoms in total. The average molecular weight is 208 g/mol. The first-order chi connectivity index (χ1) is 4.50. The summed E-state index contributed by atoms with van der Waals surface area (Å²) in [6.07, 6.45) is 2.84. The van der Waals surface area contributed by atoms with Gasteiger partial charge in [0.25, 0.3) is 0 Å². The first-order valence-corrected chi connectivity index (χ1v) is 3.74. The molecule has 0 aliphatic rings. The summed E-state index contributed by atoms with van der Waals surface area (Å²) in [6.45, 7) is 5.61. The molecule has 0 unspecified atom stereocenters. The number of carboxylic acid groups (broad SMARTS) is 1. The fraction of sp³-hybridized carbons (Fsp3) is 0.917. The van der Waals surface area contributed by atoms with Crippen molar-refractivity contribution in [3.8, 4) is 0 Å². The molecule has 14 heavy (non-hydrogen) atoms. The quantitative estimate of drug-likeness (QED) is 0.718. The van der Waals surface area contributed by atoms with Crippen LogP contribution in [0, 0.1) is 5.41 Å². The molecular formula is C12H32O2. The van der Waals surface area contributed by atoms with Gasteiger partial charge in [-0.3, -0.25) is 4.79 Å². The molecule has 0 saturated carbocycles. The van der Waals surface area contributed by atoms with Crippen LogP contribution in [0.3, 0.4) is 0 Å². The van der Waals surface area contributed by atoms with Crippen molar-refractivity contribution in [2.75, 3.05) is 0 Å². The van der Waals surface area contributed by atoms with Gasteiger partial charge >= 0.3 is 5.97 Å². The molecule has 0 rings (SSSR count). The Labute approximate surface area is 91.7 Å². The average Bonchev–Trinajstić information content (AvgIpc) is 1.84. The van der Waals surface area contributed by atoms with Crippen LogP contribution in [0.2, 0.25) is 0 Å². The highest BCUT2D eigenvalue weighted by Crippen LogP contribution is 2.22. The van der Waals surface area contributed by atoms with Gasteiger partial charge in [-0.05, 0) is 20.3 Å².